The van der Waals surface area contributed by atoms with Crippen LogP contribution in [0.5, 0.6) is 5.75 Å². The van der Waals surface area contributed by atoms with Crippen molar-refractivity contribution in [3.8, 4) is 5.75 Å². The lowest BCUT2D eigenvalue weighted by atomic mass is 9.93. The molecule has 2 saturated heterocycles. The number of benzene rings is 1. The first kappa shape index (κ1) is 19.4. The van der Waals surface area contributed by atoms with Gasteiger partial charge in [0.2, 0.25) is 0 Å². The number of rotatable bonds is 4. The first-order valence-corrected chi connectivity index (χ1v) is 13.0. The summed E-state index contributed by atoms with van der Waals surface area (Å²) in [5.74, 6) is 2.23. The van der Waals surface area contributed by atoms with Gasteiger partial charge in [-0.2, -0.15) is 4.99 Å². The number of nitrogens with zero attached hydrogens (tertiary/aromatic N) is 2. The number of para-hydroxylation sites is 1. The smallest absolute Gasteiger partial charge is 0.252 e. The summed E-state index contributed by atoms with van der Waals surface area (Å²) in [5, 5.41) is 0.740. The molecule has 2 bridgehead atoms. The maximum Gasteiger partial charge on any atom is 0.252 e. The third kappa shape index (κ3) is 3.58. The van der Waals surface area contributed by atoms with Crippen molar-refractivity contribution in [3.05, 3.63) is 29.8 Å². The number of ether oxygens (including phenoxy) is 1. The molecule has 29 heavy (non-hydrogen) atoms. The zero-order valence-electron chi connectivity index (χ0n) is 16.5. The predicted octanol–water partition coefficient (Wildman–Crippen LogP) is 2.52. The van der Waals surface area contributed by atoms with E-state index in [1.165, 1.54) is 31.0 Å². The minimum absolute atomic E-state index is 0.00284. The van der Waals surface area contributed by atoms with Gasteiger partial charge in [-0.1, -0.05) is 36.4 Å². The van der Waals surface area contributed by atoms with Gasteiger partial charge in [-0.15, -0.1) is 0 Å². The van der Waals surface area contributed by atoms with Crippen LogP contribution in [-0.2, 0) is 21.1 Å². The van der Waals surface area contributed by atoms with Crippen LogP contribution in [0.2, 0.25) is 0 Å². The Hall–Kier alpha value is -1.54. The Morgan fingerprint density at radius 1 is 1.21 bits per heavy atom. The molecule has 0 unspecified atom stereocenters. The highest BCUT2D eigenvalue weighted by atomic mass is 32.2. The van der Waals surface area contributed by atoms with Crippen LogP contribution in [0, 0.1) is 11.8 Å². The Morgan fingerprint density at radius 3 is 2.76 bits per heavy atom. The Balaban J connectivity index is 1.41. The van der Waals surface area contributed by atoms with Gasteiger partial charge < -0.3 is 9.64 Å². The van der Waals surface area contributed by atoms with Crippen LogP contribution in [0.1, 0.15) is 31.2 Å². The van der Waals surface area contributed by atoms with E-state index in [1.807, 2.05) is 24.3 Å². The lowest BCUT2D eigenvalue weighted by Crippen LogP contribution is -2.47. The largest absolute Gasteiger partial charge is 0.496 e. The second-order valence-electron chi connectivity index (χ2n) is 8.73. The number of amidine groups is 1. The van der Waals surface area contributed by atoms with Gasteiger partial charge in [0.1, 0.15) is 5.75 Å². The normalized spacial score (nSPS) is 36.0. The molecule has 2 aliphatic heterocycles. The molecule has 5 atom stereocenters. The van der Waals surface area contributed by atoms with Crippen LogP contribution in [0.25, 0.3) is 0 Å². The number of methoxy groups -OCH3 is 1. The number of amides is 1. The lowest BCUT2D eigenvalue weighted by Gasteiger charge is -2.36. The van der Waals surface area contributed by atoms with Crippen molar-refractivity contribution < 1.29 is 17.9 Å². The van der Waals surface area contributed by atoms with Crippen LogP contribution < -0.4 is 4.74 Å². The van der Waals surface area contributed by atoms with E-state index in [1.54, 1.807) is 7.11 Å². The van der Waals surface area contributed by atoms with Crippen molar-refractivity contribution in [2.24, 2.45) is 16.8 Å². The summed E-state index contributed by atoms with van der Waals surface area (Å²) in [6.45, 7) is 0. The maximum absolute atomic E-state index is 12.8. The quantitative estimate of drug-likeness (QED) is 0.725. The molecule has 1 amide bonds. The van der Waals surface area contributed by atoms with Gasteiger partial charge in [-0.25, -0.2) is 8.42 Å². The SMILES string of the molecule is COc1ccccc1CC(=O)N=C1S[C@@H]2CS(=O)(=O)C[C@H]2N1[C@H]1C[C@H]2CC[C@H]1C2. The van der Waals surface area contributed by atoms with Crippen LogP contribution in [0.15, 0.2) is 29.3 Å². The molecule has 6 nitrogen and oxygen atoms in total. The summed E-state index contributed by atoms with van der Waals surface area (Å²) < 4.78 is 29.8. The Bertz CT molecular complexity index is 961. The molecule has 0 spiro atoms. The van der Waals surface area contributed by atoms with E-state index in [-0.39, 0.29) is 35.1 Å². The number of hydrogen-bond acceptors (Lipinski definition) is 5. The molecular weight excluding hydrogens is 408 g/mol. The van der Waals surface area contributed by atoms with E-state index >= 15 is 0 Å². The topological polar surface area (TPSA) is 76.0 Å². The van der Waals surface area contributed by atoms with E-state index in [4.69, 9.17) is 4.74 Å². The third-order valence-electron chi connectivity index (χ3n) is 6.92. The van der Waals surface area contributed by atoms with Crippen LogP contribution in [0.4, 0.5) is 0 Å². The van der Waals surface area contributed by atoms with Crippen molar-refractivity contribution in [3.63, 3.8) is 0 Å². The summed E-state index contributed by atoms with van der Waals surface area (Å²) in [5.41, 5.74) is 0.821. The van der Waals surface area contributed by atoms with E-state index in [9.17, 15) is 13.2 Å². The zero-order valence-corrected chi connectivity index (χ0v) is 18.1. The minimum atomic E-state index is -3.01. The molecule has 2 heterocycles. The summed E-state index contributed by atoms with van der Waals surface area (Å²) >= 11 is 1.50. The first-order valence-electron chi connectivity index (χ1n) is 10.3. The molecule has 2 aliphatic carbocycles. The van der Waals surface area contributed by atoms with Crippen molar-refractivity contribution >= 4 is 32.7 Å². The van der Waals surface area contributed by atoms with Crippen molar-refractivity contribution in [1.82, 2.24) is 4.90 Å². The molecule has 4 aliphatic rings. The minimum Gasteiger partial charge on any atom is -0.496 e. The van der Waals surface area contributed by atoms with Gasteiger partial charge in [0.15, 0.2) is 15.0 Å². The molecule has 2 saturated carbocycles. The summed E-state index contributed by atoms with van der Waals surface area (Å²) in [6, 6.07) is 7.79. The number of fused-ring (bicyclic) bond motifs is 3. The van der Waals surface area contributed by atoms with Crippen molar-refractivity contribution in [2.75, 3.05) is 18.6 Å². The van der Waals surface area contributed by atoms with Crippen LogP contribution >= 0.6 is 11.8 Å². The van der Waals surface area contributed by atoms with E-state index in [2.05, 4.69) is 9.89 Å². The van der Waals surface area contributed by atoms with E-state index < -0.39 is 9.84 Å². The highest BCUT2D eigenvalue weighted by molar-refractivity contribution is 8.15. The number of sulfone groups is 1. The molecule has 156 valence electrons. The fourth-order valence-corrected chi connectivity index (χ4v) is 9.68. The Kier molecular flexibility index (Phi) is 4.89. The molecule has 1 aromatic carbocycles. The lowest BCUT2D eigenvalue weighted by molar-refractivity contribution is -0.117. The average Bonchev–Trinajstić information content (AvgIpc) is 3.41. The van der Waals surface area contributed by atoms with Gasteiger partial charge in [0, 0.05) is 16.9 Å². The molecule has 8 heteroatoms. The van der Waals surface area contributed by atoms with E-state index in [0.29, 0.717) is 17.7 Å². The highest BCUT2D eigenvalue weighted by Gasteiger charge is 2.54. The first-order chi connectivity index (χ1) is 13.9. The number of thioether (sulfide) groups is 1. The van der Waals surface area contributed by atoms with Gasteiger partial charge >= 0.3 is 0 Å². The number of carbonyl (C=O) groups is 1. The zero-order chi connectivity index (χ0) is 20.2. The van der Waals surface area contributed by atoms with Crippen molar-refractivity contribution in [2.45, 2.75) is 49.4 Å². The van der Waals surface area contributed by atoms with Gasteiger partial charge in [-0.3, -0.25) is 4.79 Å². The Labute approximate surface area is 176 Å². The summed E-state index contributed by atoms with van der Waals surface area (Å²) in [6.07, 6.45) is 5.02. The number of carbonyl (C=O) groups excluding carboxylic acids is 1. The number of hydrogen-bond donors (Lipinski definition) is 0. The van der Waals surface area contributed by atoms with Crippen LogP contribution in [0.3, 0.4) is 0 Å². The maximum atomic E-state index is 12.8. The molecule has 1 aromatic rings. The number of aliphatic imine (C=N–C) groups is 1. The Morgan fingerprint density at radius 2 is 2.03 bits per heavy atom. The van der Waals surface area contributed by atoms with E-state index in [0.717, 1.165) is 23.1 Å². The highest BCUT2D eigenvalue weighted by Crippen LogP contribution is 2.51. The molecule has 0 aromatic heterocycles. The van der Waals surface area contributed by atoms with Gasteiger partial charge in [0.25, 0.3) is 5.91 Å². The fourth-order valence-electron chi connectivity index (χ4n) is 5.69. The van der Waals surface area contributed by atoms with Gasteiger partial charge in [0.05, 0.1) is 31.1 Å². The molecular formula is C21H26N2O4S2. The second-order valence-corrected chi connectivity index (χ2v) is 12.1. The average molecular weight is 435 g/mol. The van der Waals surface area contributed by atoms with Gasteiger partial charge in [-0.05, 0) is 37.2 Å². The molecule has 0 N–H and O–H groups in total. The molecule has 5 rings (SSSR count). The summed E-state index contributed by atoms with van der Waals surface area (Å²) in [7, 11) is -1.41. The fraction of sp³-hybridized carbons (Fsp3) is 0.619. The molecule has 4 fully saturated rings. The monoisotopic (exact) mass is 434 g/mol. The summed E-state index contributed by atoms with van der Waals surface area (Å²) in [4.78, 5) is 19.5. The predicted molar refractivity (Wildman–Crippen MR) is 114 cm³/mol. The second kappa shape index (κ2) is 7.30. The van der Waals surface area contributed by atoms with Crippen LogP contribution in [-0.4, -0.2) is 60.3 Å². The molecule has 0 radical (unpaired) electrons. The third-order valence-corrected chi connectivity index (χ3v) is 10.1. The van der Waals surface area contributed by atoms with Crippen molar-refractivity contribution in [1.29, 1.82) is 0 Å². The standard InChI is InChI=1S/C21H26N2O4S2/c1-27-18-5-3-2-4-15(18)10-20(24)22-21-23(16-9-13-6-7-14(16)8-13)17-11-29(25,26)12-19(17)28-21/h2-5,13-14,16-17,19H,6-12H2,1H3/t13-,14-,16-,17+,19+/m0/s1.